The molecule has 2 aromatic rings. The molecule has 0 aliphatic rings. The number of Topliss-reactive ketones (excluding diaryl/α,β-unsaturated/α-hetero) is 1. The molecule has 0 atom stereocenters. The van der Waals surface area contributed by atoms with E-state index in [1.54, 1.807) is 6.92 Å². The van der Waals surface area contributed by atoms with Gasteiger partial charge in [0.15, 0.2) is 6.61 Å². The minimum atomic E-state index is -0.487. The zero-order chi connectivity index (χ0) is 17.3. The number of carbonyl (C=O) groups is 2. The minimum Gasteiger partial charge on any atom is -0.453 e. The predicted octanol–water partition coefficient (Wildman–Crippen LogP) is 3.80. The van der Waals surface area contributed by atoms with E-state index in [0.717, 1.165) is 16.4 Å². The van der Waals surface area contributed by atoms with Crippen LogP contribution in [0, 0.1) is 27.7 Å². The first-order valence-electron chi connectivity index (χ1n) is 7.55. The molecular formula is C17H22N2O3S. The van der Waals surface area contributed by atoms with Crippen molar-refractivity contribution in [3.05, 3.63) is 38.6 Å². The maximum Gasteiger partial charge on any atom is 0.350 e. The van der Waals surface area contributed by atoms with Crippen LogP contribution < -0.4 is 0 Å². The van der Waals surface area contributed by atoms with Gasteiger partial charge >= 0.3 is 5.97 Å². The number of aryl methyl sites for hydroxylation is 3. The number of thiazole rings is 1. The van der Waals surface area contributed by atoms with Crippen molar-refractivity contribution < 1.29 is 14.3 Å². The maximum absolute atomic E-state index is 12.4. The van der Waals surface area contributed by atoms with Crippen molar-refractivity contribution in [2.24, 2.45) is 0 Å². The highest BCUT2D eigenvalue weighted by atomic mass is 32.1. The van der Waals surface area contributed by atoms with E-state index in [0.29, 0.717) is 16.1 Å². The molecular weight excluding hydrogens is 312 g/mol. The van der Waals surface area contributed by atoms with Crippen molar-refractivity contribution in [1.29, 1.82) is 0 Å². The van der Waals surface area contributed by atoms with Crippen LogP contribution in [0.15, 0.2) is 6.07 Å². The summed E-state index contributed by atoms with van der Waals surface area (Å²) in [6.45, 7) is 11.4. The maximum atomic E-state index is 12.4. The highest BCUT2D eigenvalue weighted by molar-refractivity contribution is 7.13. The van der Waals surface area contributed by atoms with Gasteiger partial charge in [-0.25, -0.2) is 9.78 Å². The van der Waals surface area contributed by atoms with E-state index in [9.17, 15) is 9.59 Å². The van der Waals surface area contributed by atoms with Gasteiger partial charge in [-0.1, -0.05) is 0 Å². The minimum absolute atomic E-state index is 0.183. The quantitative estimate of drug-likeness (QED) is 0.616. The predicted molar refractivity (Wildman–Crippen MR) is 90.5 cm³/mol. The lowest BCUT2D eigenvalue weighted by atomic mass is 10.1. The SMILES string of the molecule is Cc1nc(C)c(C(=O)OCC(=O)c2cc(C)n(C(C)C)c2C)s1. The molecule has 6 heteroatoms. The molecule has 23 heavy (non-hydrogen) atoms. The van der Waals surface area contributed by atoms with E-state index in [-0.39, 0.29) is 18.4 Å². The second-order valence-corrected chi connectivity index (χ2v) is 7.10. The molecule has 0 aliphatic carbocycles. The summed E-state index contributed by atoms with van der Waals surface area (Å²) >= 11 is 1.28. The molecule has 2 heterocycles. The summed E-state index contributed by atoms with van der Waals surface area (Å²) in [4.78, 5) is 29.1. The van der Waals surface area contributed by atoms with E-state index >= 15 is 0 Å². The van der Waals surface area contributed by atoms with Crippen LogP contribution in [0.4, 0.5) is 0 Å². The number of ketones is 1. The van der Waals surface area contributed by atoms with Gasteiger partial charge in [0.25, 0.3) is 0 Å². The third-order valence-electron chi connectivity index (χ3n) is 3.72. The molecule has 0 saturated heterocycles. The first-order valence-corrected chi connectivity index (χ1v) is 8.36. The van der Waals surface area contributed by atoms with Crippen LogP contribution in [0.25, 0.3) is 0 Å². The van der Waals surface area contributed by atoms with Gasteiger partial charge < -0.3 is 9.30 Å². The molecule has 0 amide bonds. The van der Waals surface area contributed by atoms with Crippen molar-refractivity contribution in [1.82, 2.24) is 9.55 Å². The summed E-state index contributed by atoms with van der Waals surface area (Å²) in [6.07, 6.45) is 0. The van der Waals surface area contributed by atoms with E-state index in [4.69, 9.17) is 4.74 Å². The van der Waals surface area contributed by atoms with Crippen LogP contribution >= 0.6 is 11.3 Å². The second-order valence-electron chi connectivity index (χ2n) is 5.90. The second kappa shape index (κ2) is 6.66. The number of carbonyl (C=O) groups excluding carboxylic acids is 2. The fourth-order valence-corrected chi connectivity index (χ4v) is 3.66. The number of aromatic nitrogens is 2. The van der Waals surface area contributed by atoms with Gasteiger partial charge in [-0.3, -0.25) is 4.79 Å². The normalized spacial score (nSPS) is 11.1. The Morgan fingerprint density at radius 1 is 1.26 bits per heavy atom. The molecule has 124 valence electrons. The van der Waals surface area contributed by atoms with E-state index < -0.39 is 5.97 Å². The van der Waals surface area contributed by atoms with Crippen LogP contribution in [-0.4, -0.2) is 27.9 Å². The number of hydrogen-bond donors (Lipinski definition) is 0. The Kier molecular flexibility index (Phi) is 5.04. The lowest BCUT2D eigenvalue weighted by molar-refractivity contribution is 0.0478. The molecule has 5 nitrogen and oxygen atoms in total. The van der Waals surface area contributed by atoms with E-state index in [1.807, 2.05) is 26.8 Å². The Morgan fingerprint density at radius 3 is 2.39 bits per heavy atom. The van der Waals surface area contributed by atoms with Crippen molar-refractivity contribution >= 4 is 23.1 Å². The molecule has 0 unspecified atom stereocenters. The number of hydrogen-bond acceptors (Lipinski definition) is 5. The molecule has 0 aliphatic heterocycles. The van der Waals surface area contributed by atoms with Gasteiger partial charge in [-0.05, 0) is 47.6 Å². The number of ether oxygens (including phenoxy) is 1. The van der Waals surface area contributed by atoms with Gasteiger partial charge in [0.2, 0.25) is 5.78 Å². The molecule has 0 fully saturated rings. The van der Waals surface area contributed by atoms with Gasteiger partial charge in [-0.2, -0.15) is 0 Å². The zero-order valence-electron chi connectivity index (χ0n) is 14.4. The van der Waals surface area contributed by atoms with Gasteiger partial charge in [-0.15, -0.1) is 11.3 Å². The highest BCUT2D eigenvalue weighted by Gasteiger charge is 2.20. The van der Waals surface area contributed by atoms with Gasteiger partial charge in [0.05, 0.1) is 10.7 Å². The van der Waals surface area contributed by atoms with Crippen LogP contribution in [0.2, 0.25) is 0 Å². The summed E-state index contributed by atoms with van der Waals surface area (Å²) in [5, 5.41) is 0.807. The van der Waals surface area contributed by atoms with Crippen LogP contribution in [-0.2, 0) is 4.74 Å². The fourth-order valence-electron chi connectivity index (χ4n) is 2.85. The first-order chi connectivity index (χ1) is 10.7. The molecule has 0 N–H and O–H groups in total. The van der Waals surface area contributed by atoms with Crippen LogP contribution in [0.1, 0.15) is 62.0 Å². The third-order valence-corrected chi connectivity index (χ3v) is 4.78. The van der Waals surface area contributed by atoms with Gasteiger partial charge in [0, 0.05) is 23.0 Å². The molecule has 0 saturated carbocycles. The summed E-state index contributed by atoms with van der Waals surface area (Å²) in [6, 6.07) is 2.13. The molecule has 2 aromatic heterocycles. The third kappa shape index (κ3) is 3.52. The first kappa shape index (κ1) is 17.4. The number of rotatable bonds is 5. The van der Waals surface area contributed by atoms with Crippen molar-refractivity contribution in [2.45, 2.75) is 47.6 Å². The molecule has 0 spiro atoms. The zero-order valence-corrected chi connectivity index (χ0v) is 15.2. The number of nitrogens with zero attached hydrogens (tertiary/aromatic N) is 2. The molecule has 0 radical (unpaired) electrons. The Balaban J connectivity index is 2.10. The fraction of sp³-hybridized carbons (Fsp3) is 0.471. The summed E-state index contributed by atoms with van der Waals surface area (Å²) in [5.41, 5.74) is 3.19. The lowest BCUT2D eigenvalue weighted by Crippen LogP contribution is -2.15. The van der Waals surface area contributed by atoms with Crippen LogP contribution in [0.5, 0.6) is 0 Å². The lowest BCUT2D eigenvalue weighted by Gasteiger charge is -2.13. The standard InChI is InChI=1S/C17H22N2O3S/c1-9(2)19-10(3)7-14(12(19)5)15(20)8-22-17(21)16-11(4)18-13(6)23-16/h7,9H,8H2,1-6H3. The van der Waals surface area contributed by atoms with E-state index in [1.165, 1.54) is 11.3 Å². The molecule has 0 bridgehead atoms. The van der Waals surface area contributed by atoms with Crippen molar-refractivity contribution in [2.75, 3.05) is 6.61 Å². The Morgan fingerprint density at radius 2 is 1.91 bits per heavy atom. The molecule has 2 rings (SSSR count). The Hall–Kier alpha value is -1.95. The largest absolute Gasteiger partial charge is 0.453 e. The summed E-state index contributed by atoms with van der Waals surface area (Å²) in [7, 11) is 0. The number of esters is 1. The Bertz CT molecular complexity index is 756. The highest BCUT2D eigenvalue weighted by Crippen LogP contribution is 2.21. The van der Waals surface area contributed by atoms with Crippen LogP contribution in [0.3, 0.4) is 0 Å². The topological polar surface area (TPSA) is 61.2 Å². The molecule has 0 aromatic carbocycles. The van der Waals surface area contributed by atoms with Crippen molar-refractivity contribution in [3.8, 4) is 0 Å². The smallest absolute Gasteiger partial charge is 0.350 e. The monoisotopic (exact) mass is 334 g/mol. The summed E-state index contributed by atoms with van der Waals surface area (Å²) in [5.74, 6) is -0.670. The Labute approximate surface area is 140 Å². The van der Waals surface area contributed by atoms with Gasteiger partial charge in [0.1, 0.15) is 4.88 Å². The average Bonchev–Trinajstić information content (AvgIpc) is 2.94. The average molecular weight is 334 g/mol. The van der Waals surface area contributed by atoms with E-state index in [2.05, 4.69) is 23.4 Å². The van der Waals surface area contributed by atoms with Crippen molar-refractivity contribution in [3.63, 3.8) is 0 Å². The summed E-state index contributed by atoms with van der Waals surface area (Å²) < 4.78 is 7.28.